The SMILES string of the molecule is Cc1cccn2c(N=Nc3cccc([N+](=O)[O-])c3)c(C(C)(C)C)nc12. The average Bonchev–Trinajstić information content (AvgIpc) is 2.93. The van der Waals surface area contributed by atoms with Crippen molar-refractivity contribution in [1.82, 2.24) is 9.38 Å². The molecule has 2 aromatic heterocycles. The lowest BCUT2D eigenvalue weighted by Crippen LogP contribution is -2.11. The first kappa shape index (κ1) is 16.8. The van der Waals surface area contributed by atoms with E-state index in [1.165, 1.54) is 12.1 Å². The molecule has 0 N–H and O–H groups in total. The summed E-state index contributed by atoms with van der Waals surface area (Å²) in [4.78, 5) is 15.2. The van der Waals surface area contributed by atoms with E-state index in [0.717, 1.165) is 16.9 Å². The van der Waals surface area contributed by atoms with Crippen LogP contribution >= 0.6 is 0 Å². The fraction of sp³-hybridized carbons (Fsp3) is 0.278. The number of rotatable bonds is 3. The number of hydrogen-bond acceptors (Lipinski definition) is 5. The van der Waals surface area contributed by atoms with E-state index >= 15 is 0 Å². The fourth-order valence-corrected chi connectivity index (χ4v) is 2.56. The molecule has 0 saturated carbocycles. The normalized spacial score (nSPS) is 12.2. The number of fused-ring (bicyclic) bond motifs is 1. The van der Waals surface area contributed by atoms with Crippen molar-refractivity contribution in [3.63, 3.8) is 0 Å². The van der Waals surface area contributed by atoms with Gasteiger partial charge in [0.1, 0.15) is 5.65 Å². The van der Waals surface area contributed by atoms with Crippen LogP contribution in [0.15, 0.2) is 52.8 Å². The molecule has 3 aromatic rings. The Kier molecular flexibility index (Phi) is 4.08. The predicted octanol–water partition coefficient (Wildman–Crippen LogP) is 5.26. The lowest BCUT2D eigenvalue weighted by atomic mass is 9.92. The molecule has 0 spiro atoms. The third-order valence-electron chi connectivity index (χ3n) is 3.83. The van der Waals surface area contributed by atoms with Crippen molar-refractivity contribution in [2.45, 2.75) is 33.1 Å². The Bertz CT molecular complexity index is 983. The summed E-state index contributed by atoms with van der Waals surface area (Å²) in [5.74, 6) is 0.637. The molecule has 3 rings (SSSR count). The Morgan fingerprint density at radius 2 is 1.92 bits per heavy atom. The lowest BCUT2D eigenvalue weighted by Gasteiger charge is -2.15. The molecule has 0 saturated heterocycles. The van der Waals surface area contributed by atoms with Crippen LogP contribution in [-0.2, 0) is 5.41 Å². The number of hydrogen-bond donors (Lipinski definition) is 0. The van der Waals surface area contributed by atoms with Gasteiger partial charge in [-0.2, -0.15) is 0 Å². The number of pyridine rings is 1. The zero-order valence-electron chi connectivity index (χ0n) is 14.6. The molecule has 0 amide bonds. The van der Waals surface area contributed by atoms with E-state index in [4.69, 9.17) is 4.98 Å². The first-order chi connectivity index (χ1) is 11.8. The number of non-ortho nitro benzene ring substituents is 1. The number of aromatic nitrogens is 2. The van der Waals surface area contributed by atoms with Gasteiger partial charge in [-0.05, 0) is 24.6 Å². The molecule has 2 heterocycles. The maximum absolute atomic E-state index is 10.9. The molecule has 128 valence electrons. The van der Waals surface area contributed by atoms with Crippen LogP contribution < -0.4 is 0 Å². The molecule has 0 bridgehead atoms. The topological polar surface area (TPSA) is 85.2 Å². The summed E-state index contributed by atoms with van der Waals surface area (Å²) in [6.45, 7) is 8.19. The summed E-state index contributed by atoms with van der Waals surface area (Å²) in [5, 5.41) is 19.5. The molecule has 1 aromatic carbocycles. The summed E-state index contributed by atoms with van der Waals surface area (Å²) >= 11 is 0. The van der Waals surface area contributed by atoms with Gasteiger partial charge < -0.3 is 0 Å². The van der Waals surface area contributed by atoms with Crippen molar-refractivity contribution >= 4 is 22.8 Å². The Hall–Kier alpha value is -3.09. The van der Waals surface area contributed by atoms with Gasteiger partial charge in [0.25, 0.3) is 5.69 Å². The van der Waals surface area contributed by atoms with Crippen molar-refractivity contribution in [3.05, 3.63) is 64.0 Å². The van der Waals surface area contributed by atoms with E-state index in [9.17, 15) is 10.1 Å². The first-order valence-corrected chi connectivity index (χ1v) is 7.92. The van der Waals surface area contributed by atoms with E-state index in [0.29, 0.717) is 11.5 Å². The maximum atomic E-state index is 10.9. The van der Waals surface area contributed by atoms with Crippen LogP contribution in [0, 0.1) is 17.0 Å². The Morgan fingerprint density at radius 1 is 1.16 bits per heavy atom. The number of benzene rings is 1. The summed E-state index contributed by atoms with van der Waals surface area (Å²) in [7, 11) is 0. The fourth-order valence-electron chi connectivity index (χ4n) is 2.56. The Labute approximate surface area is 145 Å². The van der Waals surface area contributed by atoms with Gasteiger partial charge in [0.2, 0.25) is 0 Å². The second-order valence-electron chi connectivity index (χ2n) is 6.90. The maximum Gasteiger partial charge on any atom is 0.271 e. The molecular weight excluding hydrogens is 318 g/mol. The summed E-state index contributed by atoms with van der Waals surface area (Å²) < 4.78 is 1.90. The zero-order valence-corrected chi connectivity index (χ0v) is 14.6. The van der Waals surface area contributed by atoms with E-state index in [-0.39, 0.29) is 11.1 Å². The highest BCUT2D eigenvalue weighted by molar-refractivity contribution is 5.58. The van der Waals surface area contributed by atoms with Gasteiger partial charge in [-0.25, -0.2) is 4.98 Å². The second kappa shape index (κ2) is 6.08. The molecular formula is C18H19N5O2. The monoisotopic (exact) mass is 337 g/mol. The molecule has 0 aliphatic heterocycles. The average molecular weight is 337 g/mol. The molecule has 0 aliphatic rings. The van der Waals surface area contributed by atoms with Crippen LogP contribution in [-0.4, -0.2) is 14.3 Å². The number of imidazole rings is 1. The molecule has 0 atom stereocenters. The third kappa shape index (κ3) is 3.26. The van der Waals surface area contributed by atoms with Gasteiger partial charge in [0, 0.05) is 23.7 Å². The number of nitrogens with zero attached hydrogens (tertiary/aromatic N) is 5. The van der Waals surface area contributed by atoms with E-state index < -0.39 is 4.92 Å². The summed E-state index contributed by atoms with van der Waals surface area (Å²) in [6, 6.07) is 10.0. The van der Waals surface area contributed by atoms with Crippen molar-refractivity contribution in [2.24, 2.45) is 10.2 Å². The molecule has 0 aliphatic carbocycles. The second-order valence-corrected chi connectivity index (χ2v) is 6.90. The summed E-state index contributed by atoms with van der Waals surface area (Å²) in [6.07, 6.45) is 1.90. The van der Waals surface area contributed by atoms with E-state index in [2.05, 4.69) is 31.0 Å². The molecule has 7 nitrogen and oxygen atoms in total. The van der Waals surface area contributed by atoms with Crippen molar-refractivity contribution in [2.75, 3.05) is 0 Å². The van der Waals surface area contributed by atoms with Gasteiger partial charge in [0.15, 0.2) is 5.82 Å². The lowest BCUT2D eigenvalue weighted by molar-refractivity contribution is -0.384. The molecule has 25 heavy (non-hydrogen) atoms. The van der Waals surface area contributed by atoms with Gasteiger partial charge in [-0.3, -0.25) is 14.5 Å². The van der Waals surface area contributed by atoms with Crippen LogP contribution in [0.1, 0.15) is 32.0 Å². The number of nitro benzene ring substituents is 1. The van der Waals surface area contributed by atoms with Crippen LogP contribution in [0.2, 0.25) is 0 Å². The number of azo groups is 1. The van der Waals surface area contributed by atoms with Crippen LogP contribution in [0.5, 0.6) is 0 Å². The predicted molar refractivity (Wildman–Crippen MR) is 95.9 cm³/mol. The van der Waals surface area contributed by atoms with Crippen LogP contribution in [0.25, 0.3) is 5.65 Å². The quantitative estimate of drug-likeness (QED) is 0.371. The minimum absolute atomic E-state index is 0.0125. The molecule has 0 unspecified atom stereocenters. The van der Waals surface area contributed by atoms with Gasteiger partial charge in [-0.1, -0.05) is 32.9 Å². The first-order valence-electron chi connectivity index (χ1n) is 7.92. The van der Waals surface area contributed by atoms with E-state index in [1.54, 1.807) is 12.1 Å². The van der Waals surface area contributed by atoms with Gasteiger partial charge in [0.05, 0.1) is 16.3 Å². The highest BCUT2D eigenvalue weighted by Crippen LogP contribution is 2.34. The third-order valence-corrected chi connectivity index (χ3v) is 3.83. The molecule has 0 radical (unpaired) electrons. The van der Waals surface area contributed by atoms with Gasteiger partial charge in [-0.15, -0.1) is 10.2 Å². The van der Waals surface area contributed by atoms with Crippen molar-refractivity contribution in [3.8, 4) is 0 Å². The number of aryl methyl sites for hydroxylation is 1. The Morgan fingerprint density at radius 3 is 2.60 bits per heavy atom. The van der Waals surface area contributed by atoms with E-state index in [1.807, 2.05) is 29.7 Å². The minimum atomic E-state index is -0.447. The van der Waals surface area contributed by atoms with Crippen LogP contribution in [0.3, 0.4) is 0 Å². The molecule has 7 heteroatoms. The smallest absolute Gasteiger partial charge is 0.271 e. The number of nitro groups is 1. The highest BCUT2D eigenvalue weighted by atomic mass is 16.6. The van der Waals surface area contributed by atoms with Gasteiger partial charge >= 0.3 is 0 Å². The van der Waals surface area contributed by atoms with Crippen LogP contribution in [0.4, 0.5) is 17.2 Å². The standard InChI is InChI=1S/C18H19N5O2/c1-12-7-6-10-22-16(12)19-15(18(2,3)4)17(22)21-20-13-8-5-9-14(11-13)23(24)25/h5-11H,1-4H3. The largest absolute Gasteiger partial charge is 0.283 e. The Balaban J connectivity index is 2.13. The highest BCUT2D eigenvalue weighted by Gasteiger charge is 2.24. The summed E-state index contributed by atoms with van der Waals surface area (Å²) in [5.41, 5.74) is 2.91. The minimum Gasteiger partial charge on any atom is -0.283 e. The zero-order chi connectivity index (χ0) is 18.2. The molecule has 0 fully saturated rings. The van der Waals surface area contributed by atoms with Crippen molar-refractivity contribution < 1.29 is 4.92 Å². The van der Waals surface area contributed by atoms with Crippen molar-refractivity contribution in [1.29, 1.82) is 0 Å².